The fraction of sp³-hybridized carbons (Fsp3) is 0.390. The largest absolute Gasteiger partial charge is 0.494 e. The quantitative estimate of drug-likeness (QED) is 0.0222. The number of pyridine rings is 7. The van der Waals surface area contributed by atoms with Gasteiger partial charge in [-0.3, -0.25) is 23.9 Å². The second kappa shape index (κ2) is 43.1. The minimum absolute atomic E-state index is 0.0412. The van der Waals surface area contributed by atoms with Gasteiger partial charge in [0.15, 0.2) is 21.6 Å². The molecule has 4 atom stereocenters. The number of nitriles is 1. The normalized spacial score (nSPS) is 17.4. The van der Waals surface area contributed by atoms with Crippen molar-refractivity contribution in [2.75, 3.05) is 82.0 Å². The van der Waals surface area contributed by atoms with Crippen molar-refractivity contribution in [1.29, 1.82) is 5.26 Å². The highest BCUT2D eigenvalue weighted by atomic mass is 32.2. The number of hydrogen-bond donors (Lipinski definition) is 8. The number of nitrogens with one attached hydrogen (secondary N) is 5. The Labute approximate surface area is 823 Å². The highest BCUT2D eigenvalue weighted by Gasteiger charge is 2.45. The summed E-state index contributed by atoms with van der Waals surface area (Å²) in [5, 5.41) is 16.4. The zero-order valence-electron chi connectivity index (χ0n) is 82.0. The summed E-state index contributed by atoms with van der Waals surface area (Å²) < 4.78 is 148. The number of hydrogen-bond acceptors (Lipinski definition) is 30. The standard InChI is InChI=1S/C26H27N5O3S.C25H27F2N5O4S.C25H33N7O3S.C24H35N5O3S/c1-17-13-26(2,3)31(16-17)24-23(11-20(15-29-24)19-9-7-18(14-27)8-10-19)25(32)30-35(33,34)22-6-4-5-21(28)12-22;1-14-12-25(2,3)32(13-14)23-16(24(33)31-37(34,35)19-6-5-11-29-22(19)28)7-9-17(30-23)15-8-10-18(36-4)21(27)20(15)26;1-16(2)14-31-10-9-20(29-31)18-11-19(23(27-13-18)32-15-17(3)12-25(32,4)5)24(33)30-36(34,35)22-8-6-7-21(26)28-22;1-6-18(7-2)15-26-20-11-8-12-21(27-20)33(31,32)28-23(30)19-10-9-13-25-22(19)29-16-17(3)14-24(29,4)5/h4-12,15,17H,13,16,28H2,1-3H3,(H,30,32);5-11,14H,12-13H2,1-4H3,(H2,28,29)(H,31,33);6-11,13,16-17H,12,14-15H2,1-5H3,(H2,26,28)(H,30,33);8-13,17-18H,6-7,14-16H2,1-5H3,(H,26,27)(H,28,30)/t;14-;;/m.0../s1. The average molecular weight is 2010 g/mol. The van der Waals surface area contributed by atoms with Crippen LogP contribution in [0.4, 0.5) is 55.2 Å². The van der Waals surface area contributed by atoms with E-state index in [1.165, 1.54) is 92.2 Å². The lowest BCUT2D eigenvalue weighted by Crippen LogP contribution is -2.41. The SMILES string of the molecule is CC(C)Cn1ccc(-c2cnc(N3CC(C)CC3(C)C)c(C(=O)NS(=O)(=O)c3cccc(N)n3)c2)n1.CC1CN(c2ncc(-c3ccc(C#N)cc3)cc2C(=O)NS(=O)(=O)c2cccc(N)c2)C(C)(C)C1.CCC(CC)CNc1cccc(S(=O)(=O)NC(=O)c2cccnc2N2CC(C)CC2(C)C)n1.COc1ccc(-c2ccc(C(=O)NS(=O)(=O)c3cccnc3N)c(N3C[C@@H](C)CC3(C)C)n2)c(F)c1F. The lowest BCUT2D eigenvalue weighted by atomic mass is 9.97. The molecule has 0 saturated carbocycles. The van der Waals surface area contributed by atoms with Gasteiger partial charge in [-0.2, -0.15) is 31.6 Å². The molecule has 4 amide bonds. The Hall–Kier alpha value is -13.9. The van der Waals surface area contributed by atoms with E-state index in [1.807, 2.05) is 47.3 Å². The van der Waals surface area contributed by atoms with E-state index < -0.39 is 80.9 Å². The van der Waals surface area contributed by atoms with Gasteiger partial charge in [-0.05, 0) is 243 Å². The first-order valence-corrected chi connectivity index (χ1v) is 52.1. The van der Waals surface area contributed by atoms with E-state index in [1.54, 1.807) is 85.3 Å². The molecule has 35 nitrogen and oxygen atoms in total. The third kappa shape index (κ3) is 25.1. The molecule has 0 aliphatic carbocycles. The van der Waals surface area contributed by atoms with Gasteiger partial charge in [0, 0.05) is 115 Å². The Bertz CT molecular complexity index is 7020. The van der Waals surface area contributed by atoms with Crippen LogP contribution in [-0.4, -0.2) is 164 Å². The van der Waals surface area contributed by atoms with Gasteiger partial charge < -0.3 is 46.9 Å². The highest BCUT2D eigenvalue weighted by molar-refractivity contribution is 7.91. The summed E-state index contributed by atoms with van der Waals surface area (Å²) in [4.78, 5) is 91.0. The van der Waals surface area contributed by atoms with Gasteiger partial charge in [-0.25, -0.2) is 75.0 Å². The molecular formula is C100H122F2N22O13S4. The van der Waals surface area contributed by atoms with Crippen LogP contribution in [0.25, 0.3) is 33.6 Å². The molecule has 11 N–H and O–H groups in total. The number of anilines is 8. The first-order valence-electron chi connectivity index (χ1n) is 46.2. The number of ether oxygens (including phenoxy) is 1. The van der Waals surface area contributed by atoms with E-state index in [0.29, 0.717) is 101 Å². The summed E-state index contributed by atoms with van der Waals surface area (Å²) in [6, 6.07) is 40.0. The van der Waals surface area contributed by atoms with E-state index in [0.717, 1.165) is 57.2 Å². The highest BCUT2D eigenvalue weighted by Crippen LogP contribution is 2.44. The topological polar surface area (TPSA) is 497 Å². The van der Waals surface area contributed by atoms with Gasteiger partial charge in [0.1, 0.15) is 45.6 Å². The number of halogens is 2. The van der Waals surface area contributed by atoms with Crippen LogP contribution in [0.3, 0.4) is 0 Å². The summed E-state index contributed by atoms with van der Waals surface area (Å²) in [5.41, 5.74) is 19.8. The number of benzene rings is 3. The van der Waals surface area contributed by atoms with Crippen molar-refractivity contribution in [2.45, 2.75) is 198 Å². The van der Waals surface area contributed by atoms with Crippen molar-refractivity contribution >= 4 is 110 Å². The molecule has 3 aromatic carbocycles. The summed E-state index contributed by atoms with van der Waals surface area (Å²) in [5.74, 6) is -1.70. The predicted octanol–water partition coefficient (Wildman–Crippen LogP) is 15.1. The number of rotatable bonds is 27. The monoisotopic (exact) mass is 2000 g/mol. The Morgan fingerprint density at radius 3 is 1.49 bits per heavy atom. The molecule has 41 heteroatoms. The fourth-order valence-electron chi connectivity index (χ4n) is 18.5. The summed E-state index contributed by atoms with van der Waals surface area (Å²) >= 11 is 0. The Kier molecular flexibility index (Phi) is 32.4. The molecule has 4 aliphatic heterocycles. The maximum absolute atomic E-state index is 14.9. The number of nitrogen functional groups attached to an aromatic ring is 3. The lowest BCUT2D eigenvalue weighted by molar-refractivity contribution is 0.0972. The van der Waals surface area contributed by atoms with Crippen LogP contribution in [0.5, 0.6) is 5.75 Å². The van der Waals surface area contributed by atoms with Crippen molar-refractivity contribution in [2.24, 2.45) is 35.5 Å². The molecule has 0 spiro atoms. The summed E-state index contributed by atoms with van der Waals surface area (Å²) in [7, 11) is -15.7. The van der Waals surface area contributed by atoms with Crippen molar-refractivity contribution in [3.63, 3.8) is 0 Å². The van der Waals surface area contributed by atoms with E-state index in [-0.39, 0.29) is 105 Å². The van der Waals surface area contributed by atoms with Gasteiger partial charge in [0.2, 0.25) is 5.82 Å². The van der Waals surface area contributed by atoms with E-state index in [2.05, 4.69) is 170 Å². The number of nitrogens with zero attached hydrogens (tertiary/aromatic N) is 14. The molecular weight excluding hydrogens is 1880 g/mol. The molecule has 11 aromatic rings. The van der Waals surface area contributed by atoms with Crippen LogP contribution < -0.4 is 65.7 Å². The second-order valence-corrected chi connectivity index (χ2v) is 45.6. The zero-order chi connectivity index (χ0) is 103. The fourth-order valence-corrected chi connectivity index (χ4v) is 22.5. The molecule has 141 heavy (non-hydrogen) atoms. The predicted molar refractivity (Wildman–Crippen MR) is 539 cm³/mol. The minimum atomic E-state index is -4.36. The zero-order valence-corrected chi connectivity index (χ0v) is 85.2. The summed E-state index contributed by atoms with van der Waals surface area (Å²) in [6.07, 6.45) is 13.8. The van der Waals surface area contributed by atoms with Gasteiger partial charge in [0.25, 0.3) is 63.7 Å². The molecule has 4 aliphatic rings. The van der Waals surface area contributed by atoms with E-state index in [4.69, 9.17) is 27.2 Å². The first-order chi connectivity index (χ1) is 66.3. The van der Waals surface area contributed by atoms with Crippen LogP contribution in [0, 0.1) is 58.5 Å². The molecule has 3 unspecified atom stereocenters. The smallest absolute Gasteiger partial charge is 0.281 e. The minimum Gasteiger partial charge on any atom is -0.494 e. The van der Waals surface area contributed by atoms with Crippen LogP contribution >= 0.6 is 0 Å². The van der Waals surface area contributed by atoms with Crippen LogP contribution in [0.2, 0.25) is 0 Å². The number of amides is 4. The number of carbonyl (C=O) groups excluding carboxylic acids is 4. The van der Waals surface area contributed by atoms with Gasteiger partial charge in [-0.1, -0.05) is 98.6 Å². The maximum atomic E-state index is 14.9. The number of carbonyl (C=O) groups is 4. The lowest BCUT2D eigenvalue weighted by Gasteiger charge is -2.34. The molecule has 0 radical (unpaired) electrons. The average Bonchev–Trinajstić information content (AvgIpc) is 1.72. The first kappa shape index (κ1) is 106. The third-order valence-corrected chi connectivity index (χ3v) is 30.1. The van der Waals surface area contributed by atoms with Gasteiger partial charge in [-0.15, -0.1) is 0 Å². The van der Waals surface area contributed by atoms with Gasteiger partial charge in [0.05, 0.1) is 57.3 Å². The van der Waals surface area contributed by atoms with Crippen molar-refractivity contribution in [3.05, 3.63) is 222 Å². The van der Waals surface area contributed by atoms with E-state index >= 15 is 0 Å². The van der Waals surface area contributed by atoms with Gasteiger partial charge >= 0.3 is 0 Å². The Morgan fingerprint density at radius 2 is 0.979 bits per heavy atom. The van der Waals surface area contributed by atoms with Crippen LogP contribution in [0.15, 0.2) is 202 Å². The van der Waals surface area contributed by atoms with Crippen LogP contribution in [-0.2, 0) is 46.6 Å². The summed E-state index contributed by atoms with van der Waals surface area (Å²) in [6.45, 7) is 37.5. The number of methoxy groups -OCH3 is 1. The Morgan fingerprint density at radius 1 is 0.496 bits per heavy atom. The van der Waals surface area contributed by atoms with Crippen molar-refractivity contribution in [3.8, 4) is 45.5 Å². The molecule has 4 fully saturated rings. The van der Waals surface area contributed by atoms with E-state index in [9.17, 15) is 61.6 Å². The number of aromatic nitrogens is 9. The molecule has 748 valence electrons. The van der Waals surface area contributed by atoms with Crippen molar-refractivity contribution in [1.82, 2.24) is 63.6 Å². The third-order valence-electron chi connectivity index (χ3n) is 25.0. The Balaban J connectivity index is 0.000000168. The number of nitrogens with two attached hydrogens (primary N) is 3. The molecule has 12 heterocycles. The number of sulfonamides is 4. The maximum Gasteiger partial charge on any atom is 0.281 e. The molecule has 0 bridgehead atoms. The van der Waals surface area contributed by atoms with Crippen LogP contribution in [0.1, 0.15) is 196 Å². The van der Waals surface area contributed by atoms with Crippen molar-refractivity contribution < 1.29 is 66.4 Å². The molecule has 4 saturated heterocycles. The molecule has 15 rings (SSSR count). The second-order valence-electron chi connectivity index (χ2n) is 39.0. The molecule has 8 aromatic heterocycles.